The molecule has 2 rings (SSSR count). The van der Waals surface area contributed by atoms with Gasteiger partial charge in [-0.2, -0.15) is 0 Å². The van der Waals surface area contributed by atoms with Gasteiger partial charge < -0.3 is 19.9 Å². The Morgan fingerprint density at radius 2 is 1.70 bits per heavy atom. The molecule has 0 radical (unpaired) electrons. The molecule has 0 spiro atoms. The SMILES string of the molecule is COc1cc(CC(CO)NC(=O)c2ccccc2)cc(OC)c1. The summed E-state index contributed by atoms with van der Waals surface area (Å²) in [5, 5.41) is 12.4. The first kappa shape index (κ1) is 16.8. The predicted molar refractivity (Wildman–Crippen MR) is 88.0 cm³/mol. The molecule has 0 aliphatic rings. The first-order chi connectivity index (χ1) is 11.2. The van der Waals surface area contributed by atoms with Gasteiger partial charge in [0.2, 0.25) is 0 Å². The second-order valence-corrected chi connectivity index (χ2v) is 5.14. The zero-order valence-corrected chi connectivity index (χ0v) is 13.3. The minimum atomic E-state index is -0.389. The van der Waals surface area contributed by atoms with Crippen LogP contribution in [0.2, 0.25) is 0 Å². The highest BCUT2D eigenvalue weighted by atomic mass is 16.5. The van der Waals surface area contributed by atoms with Gasteiger partial charge in [-0.15, -0.1) is 0 Å². The van der Waals surface area contributed by atoms with Gasteiger partial charge in [0.1, 0.15) is 11.5 Å². The van der Waals surface area contributed by atoms with E-state index in [0.717, 1.165) is 5.56 Å². The smallest absolute Gasteiger partial charge is 0.251 e. The van der Waals surface area contributed by atoms with Crippen molar-refractivity contribution in [3.05, 3.63) is 59.7 Å². The highest BCUT2D eigenvalue weighted by Crippen LogP contribution is 2.23. The van der Waals surface area contributed by atoms with E-state index >= 15 is 0 Å². The molecule has 0 aliphatic heterocycles. The highest BCUT2D eigenvalue weighted by Gasteiger charge is 2.14. The van der Waals surface area contributed by atoms with E-state index in [1.165, 1.54) is 0 Å². The Morgan fingerprint density at radius 3 is 2.22 bits per heavy atom. The molecule has 5 heteroatoms. The van der Waals surface area contributed by atoms with E-state index in [1.807, 2.05) is 18.2 Å². The fraction of sp³-hybridized carbons (Fsp3) is 0.278. The number of benzene rings is 2. The zero-order chi connectivity index (χ0) is 16.7. The van der Waals surface area contributed by atoms with Crippen LogP contribution in [0.15, 0.2) is 48.5 Å². The normalized spacial score (nSPS) is 11.6. The molecule has 0 aliphatic carbocycles. The molecule has 1 amide bonds. The molecule has 0 saturated heterocycles. The summed E-state index contributed by atoms with van der Waals surface area (Å²) in [5.74, 6) is 1.13. The fourth-order valence-electron chi connectivity index (χ4n) is 2.29. The van der Waals surface area contributed by atoms with Gasteiger partial charge in [-0.1, -0.05) is 18.2 Å². The number of carbonyl (C=O) groups is 1. The molecule has 0 heterocycles. The molecule has 1 atom stereocenters. The minimum absolute atomic E-state index is 0.155. The van der Waals surface area contributed by atoms with E-state index in [9.17, 15) is 9.90 Å². The maximum Gasteiger partial charge on any atom is 0.251 e. The summed E-state index contributed by atoms with van der Waals surface area (Å²) >= 11 is 0. The Labute approximate surface area is 135 Å². The van der Waals surface area contributed by atoms with Crippen molar-refractivity contribution in [2.24, 2.45) is 0 Å². The van der Waals surface area contributed by atoms with Crippen molar-refractivity contribution < 1.29 is 19.4 Å². The van der Waals surface area contributed by atoms with Gasteiger partial charge in [0.25, 0.3) is 5.91 Å². The summed E-state index contributed by atoms with van der Waals surface area (Å²) in [6.45, 7) is -0.155. The average Bonchev–Trinajstić information content (AvgIpc) is 2.61. The third-order valence-electron chi connectivity index (χ3n) is 3.48. The van der Waals surface area contributed by atoms with Crippen molar-refractivity contribution in [3.63, 3.8) is 0 Å². The van der Waals surface area contributed by atoms with E-state index in [1.54, 1.807) is 44.6 Å². The molecule has 0 saturated carbocycles. The van der Waals surface area contributed by atoms with Crippen LogP contribution in [0, 0.1) is 0 Å². The van der Waals surface area contributed by atoms with E-state index in [0.29, 0.717) is 23.5 Å². The standard InChI is InChI=1S/C18H21NO4/c1-22-16-9-13(10-17(11-16)23-2)8-15(12-20)19-18(21)14-6-4-3-5-7-14/h3-7,9-11,15,20H,8,12H2,1-2H3,(H,19,21). The highest BCUT2D eigenvalue weighted by molar-refractivity contribution is 5.94. The Morgan fingerprint density at radius 1 is 1.09 bits per heavy atom. The van der Waals surface area contributed by atoms with Crippen molar-refractivity contribution >= 4 is 5.91 Å². The number of nitrogens with one attached hydrogen (secondary N) is 1. The second kappa shape index (κ2) is 8.19. The minimum Gasteiger partial charge on any atom is -0.497 e. The molecule has 122 valence electrons. The largest absolute Gasteiger partial charge is 0.497 e. The number of hydrogen-bond donors (Lipinski definition) is 2. The number of amides is 1. The van der Waals surface area contributed by atoms with Crippen LogP contribution in [0.3, 0.4) is 0 Å². The van der Waals surface area contributed by atoms with Crippen molar-refractivity contribution in [2.45, 2.75) is 12.5 Å². The lowest BCUT2D eigenvalue weighted by atomic mass is 10.0. The summed E-state index contributed by atoms with van der Waals surface area (Å²) < 4.78 is 10.5. The maximum atomic E-state index is 12.2. The van der Waals surface area contributed by atoms with Crippen molar-refractivity contribution in [1.29, 1.82) is 0 Å². The first-order valence-corrected chi connectivity index (χ1v) is 7.35. The molecule has 2 aromatic carbocycles. The molecule has 0 aromatic heterocycles. The van der Waals surface area contributed by atoms with E-state index in [2.05, 4.69) is 5.32 Å². The Kier molecular flexibility index (Phi) is 6.00. The molecule has 2 N–H and O–H groups in total. The Balaban J connectivity index is 2.09. The first-order valence-electron chi connectivity index (χ1n) is 7.35. The third kappa shape index (κ3) is 4.72. The van der Waals surface area contributed by atoms with Crippen LogP contribution >= 0.6 is 0 Å². The summed E-state index contributed by atoms with van der Waals surface area (Å²) in [5.41, 5.74) is 1.47. The molecule has 0 fully saturated rings. The van der Waals surface area contributed by atoms with E-state index < -0.39 is 0 Å². The quantitative estimate of drug-likeness (QED) is 0.820. The number of aliphatic hydroxyl groups is 1. The number of rotatable bonds is 7. The van der Waals surface area contributed by atoms with Crippen molar-refractivity contribution in [3.8, 4) is 11.5 Å². The average molecular weight is 315 g/mol. The summed E-state index contributed by atoms with van der Waals surface area (Å²) in [6, 6.07) is 14.0. The van der Waals surface area contributed by atoms with Gasteiger partial charge in [0.05, 0.1) is 26.9 Å². The predicted octanol–water partition coefficient (Wildman–Crippen LogP) is 2.04. The van der Waals surface area contributed by atoms with Gasteiger partial charge in [-0.25, -0.2) is 0 Å². The number of methoxy groups -OCH3 is 2. The lowest BCUT2D eigenvalue weighted by Gasteiger charge is -2.17. The number of ether oxygens (including phenoxy) is 2. The molecule has 1 unspecified atom stereocenters. The number of hydrogen-bond acceptors (Lipinski definition) is 4. The van der Waals surface area contributed by atoms with Gasteiger partial charge in [0.15, 0.2) is 0 Å². The lowest BCUT2D eigenvalue weighted by molar-refractivity contribution is 0.0916. The van der Waals surface area contributed by atoms with Crippen LogP contribution < -0.4 is 14.8 Å². The van der Waals surface area contributed by atoms with Crippen LogP contribution in [0.4, 0.5) is 0 Å². The molecule has 5 nitrogen and oxygen atoms in total. The van der Waals surface area contributed by atoms with Gasteiger partial charge >= 0.3 is 0 Å². The molecule has 0 bridgehead atoms. The number of carbonyl (C=O) groups excluding carboxylic acids is 1. The lowest BCUT2D eigenvalue weighted by Crippen LogP contribution is -2.39. The topological polar surface area (TPSA) is 67.8 Å². The maximum absolute atomic E-state index is 12.2. The monoisotopic (exact) mass is 315 g/mol. The fourth-order valence-corrected chi connectivity index (χ4v) is 2.29. The Hall–Kier alpha value is -2.53. The summed E-state index contributed by atoms with van der Waals surface area (Å²) in [6.07, 6.45) is 0.475. The molecule has 2 aromatic rings. The van der Waals surface area contributed by atoms with Crippen LogP contribution in [-0.2, 0) is 6.42 Å². The zero-order valence-electron chi connectivity index (χ0n) is 13.3. The van der Waals surface area contributed by atoms with Gasteiger partial charge in [-0.3, -0.25) is 4.79 Å². The van der Waals surface area contributed by atoms with Crippen LogP contribution in [0.1, 0.15) is 15.9 Å². The molecular formula is C18H21NO4. The molecular weight excluding hydrogens is 294 g/mol. The number of aliphatic hydroxyl groups excluding tert-OH is 1. The summed E-state index contributed by atoms with van der Waals surface area (Å²) in [7, 11) is 3.17. The summed E-state index contributed by atoms with van der Waals surface area (Å²) in [4.78, 5) is 12.2. The van der Waals surface area contributed by atoms with Crippen molar-refractivity contribution in [1.82, 2.24) is 5.32 Å². The van der Waals surface area contributed by atoms with Crippen LogP contribution in [-0.4, -0.2) is 37.9 Å². The van der Waals surface area contributed by atoms with E-state index in [4.69, 9.17) is 9.47 Å². The Bertz CT molecular complexity index is 620. The second-order valence-electron chi connectivity index (χ2n) is 5.14. The van der Waals surface area contributed by atoms with Crippen molar-refractivity contribution in [2.75, 3.05) is 20.8 Å². The van der Waals surface area contributed by atoms with Crippen LogP contribution in [0.5, 0.6) is 11.5 Å². The van der Waals surface area contributed by atoms with Gasteiger partial charge in [0, 0.05) is 11.6 Å². The van der Waals surface area contributed by atoms with Gasteiger partial charge in [-0.05, 0) is 36.2 Å². The molecule has 23 heavy (non-hydrogen) atoms. The van der Waals surface area contributed by atoms with E-state index in [-0.39, 0.29) is 18.6 Å². The van der Waals surface area contributed by atoms with Crippen LogP contribution in [0.25, 0.3) is 0 Å². The third-order valence-corrected chi connectivity index (χ3v) is 3.48.